The van der Waals surface area contributed by atoms with Crippen LogP contribution in [0.5, 0.6) is 5.75 Å². The third-order valence-corrected chi connectivity index (χ3v) is 4.27. The summed E-state index contributed by atoms with van der Waals surface area (Å²) in [5, 5.41) is 2.93. The van der Waals surface area contributed by atoms with Gasteiger partial charge in [-0.25, -0.2) is 0 Å². The second kappa shape index (κ2) is 9.46. The van der Waals surface area contributed by atoms with Crippen LogP contribution in [0, 0.1) is 6.92 Å². The summed E-state index contributed by atoms with van der Waals surface area (Å²) in [5.74, 6) is 0.811. The maximum atomic E-state index is 12.2. The Hall–Kier alpha value is -2.24. The molecule has 1 aliphatic heterocycles. The van der Waals surface area contributed by atoms with E-state index in [1.54, 1.807) is 12.1 Å². The summed E-state index contributed by atoms with van der Waals surface area (Å²) in [5.41, 5.74) is 9.07. The Morgan fingerprint density at radius 1 is 1.19 bits per heavy atom. The lowest BCUT2D eigenvalue weighted by Crippen LogP contribution is -2.26. The summed E-state index contributed by atoms with van der Waals surface area (Å²) in [6.45, 7) is 3.50. The van der Waals surface area contributed by atoms with Crippen LogP contribution < -0.4 is 15.8 Å². The molecule has 3 N–H and O–H groups in total. The minimum absolute atomic E-state index is 0. The van der Waals surface area contributed by atoms with E-state index in [1.165, 1.54) is 0 Å². The van der Waals surface area contributed by atoms with Crippen LogP contribution in [0.15, 0.2) is 42.5 Å². The van der Waals surface area contributed by atoms with E-state index in [9.17, 15) is 4.79 Å². The van der Waals surface area contributed by atoms with Crippen molar-refractivity contribution in [3.63, 3.8) is 0 Å². The van der Waals surface area contributed by atoms with Gasteiger partial charge in [0.1, 0.15) is 11.9 Å². The van der Waals surface area contributed by atoms with E-state index in [0.29, 0.717) is 12.1 Å². The van der Waals surface area contributed by atoms with Gasteiger partial charge in [-0.15, -0.1) is 12.4 Å². The standard InChI is InChI=1S/C20H24N2O3.ClH/c1-14-12-17(6-7-19(14)25-18-8-10-24-11-9-18)22-20(23)13-15-2-4-16(21)5-3-15;/h2-7,12,18H,8-11,13,21H2,1H3,(H,22,23);1H. The lowest BCUT2D eigenvalue weighted by atomic mass is 10.1. The number of aryl methyl sites for hydroxylation is 1. The van der Waals surface area contributed by atoms with Crippen molar-refractivity contribution in [2.24, 2.45) is 0 Å². The molecule has 0 spiro atoms. The molecular weight excluding hydrogens is 352 g/mol. The van der Waals surface area contributed by atoms with Crippen molar-refractivity contribution in [3.8, 4) is 5.75 Å². The van der Waals surface area contributed by atoms with Crippen LogP contribution in [0.2, 0.25) is 0 Å². The van der Waals surface area contributed by atoms with Gasteiger partial charge in [-0.1, -0.05) is 12.1 Å². The fourth-order valence-electron chi connectivity index (χ4n) is 2.86. The molecule has 5 nitrogen and oxygen atoms in total. The Bertz CT molecular complexity index is 728. The summed E-state index contributed by atoms with van der Waals surface area (Å²) >= 11 is 0. The molecule has 0 atom stereocenters. The Kier molecular flexibility index (Phi) is 7.30. The van der Waals surface area contributed by atoms with Crippen molar-refractivity contribution in [1.82, 2.24) is 0 Å². The molecule has 0 aliphatic carbocycles. The van der Waals surface area contributed by atoms with Gasteiger partial charge in [0.2, 0.25) is 5.91 Å². The van der Waals surface area contributed by atoms with Gasteiger partial charge < -0.3 is 20.5 Å². The molecule has 140 valence electrons. The second-order valence-corrected chi connectivity index (χ2v) is 6.38. The molecule has 2 aromatic rings. The van der Waals surface area contributed by atoms with E-state index >= 15 is 0 Å². The number of nitrogens with two attached hydrogens (primary N) is 1. The summed E-state index contributed by atoms with van der Waals surface area (Å²) in [6.07, 6.45) is 2.36. The molecule has 0 bridgehead atoms. The number of hydrogen-bond acceptors (Lipinski definition) is 4. The first-order valence-corrected chi connectivity index (χ1v) is 8.59. The van der Waals surface area contributed by atoms with Gasteiger partial charge in [0.15, 0.2) is 0 Å². The van der Waals surface area contributed by atoms with Gasteiger partial charge in [0.25, 0.3) is 0 Å². The Morgan fingerprint density at radius 2 is 1.88 bits per heavy atom. The average molecular weight is 377 g/mol. The highest BCUT2D eigenvalue weighted by Gasteiger charge is 2.16. The largest absolute Gasteiger partial charge is 0.490 e. The minimum Gasteiger partial charge on any atom is -0.490 e. The predicted molar refractivity (Wildman–Crippen MR) is 106 cm³/mol. The van der Waals surface area contributed by atoms with Crippen LogP contribution in [0.3, 0.4) is 0 Å². The van der Waals surface area contributed by atoms with Crippen molar-refractivity contribution in [1.29, 1.82) is 0 Å². The van der Waals surface area contributed by atoms with Crippen LogP contribution in [-0.2, 0) is 16.0 Å². The SMILES string of the molecule is Cc1cc(NC(=O)Cc2ccc(N)cc2)ccc1OC1CCOCC1.Cl. The highest BCUT2D eigenvalue weighted by atomic mass is 35.5. The molecule has 0 unspecified atom stereocenters. The number of anilines is 2. The monoisotopic (exact) mass is 376 g/mol. The summed E-state index contributed by atoms with van der Waals surface area (Å²) in [7, 11) is 0. The van der Waals surface area contributed by atoms with Crippen LogP contribution in [-0.4, -0.2) is 25.2 Å². The second-order valence-electron chi connectivity index (χ2n) is 6.38. The molecule has 1 amide bonds. The van der Waals surface area contributed by atoms with Gasteiger partial charge in [0, 0.05) is 24.2 Å². The fraction of sp³-hybridized carbons (Fsp3) is 0.350. The quantitative estimate of drug-likeness (QED) is 0.779. The number of carbonyl (C=O) groups excluding carboxylic acids is 1. The zero-order chi connectivity index (χ0) is 17.6. The highest BCUT2D eigenvalue weighted by molar-refractivity contribution is 5.92. The smallest absolute Gasteiger partial charge is 0.228 e. The maximum Gasteiger partial charge on any atom is 0.228 e. The molecule has 1 fully saturated rings. The van der Waals surface area contributed by atoms with Gasteiger partial charge >= 0.3 is 0 Å². The van der Waals surface area contributed by atoms with Gasteiger partial charge in [-0.3, -0.25) is 4.79 Å². The molecule has 26 heavy (non-hydrogen) atoms. The Labute approximate surface area is 160 Å². The number of ether oxygens (including phenoxy) is 2. The van der Waals surface area contributed by atoms with Crippen LogP contribution >= 0.6 is 12.4 Å². The van der Waals surface area contributed by atoms with E-state index in [4.69, 9.17) is 15.2 Å². The van der Waals surface area contributed by atoms with Crippen LogP contribution in [0.4, 0.5) is 11.4 Å². The number of amides is 1. The summed E-state index contributed by atoms with van der Waals surface area (Å²) < 4.78 is 11.4. The summed E-state index contributed by atoms with van der Waals surface area (Å²) in [6, 6.07) is 13.1. The Morgan fingerprint density at radius 3 is 2.54 bits per heavy atom. The third kappa shape index (κ3) is 5.64. The average Bonchev–Trinajstić information content (AvgIpc) is 2.60. The van der Waals surface area contributed by atoms with Crippen molar-refractivity contribution in [2.45, 2.75) is 32.3 Å². The van der Waals surface area contributed by atoms with E-state index in [0.717, 1.165) is 48.6 Å². The van der Waals surface area contributed by atoms with Crippen molar-refractivity contribution in [2.75, 3.05) is 24.3 Å². The van der Waals surface area contributed by atoms with Gasteiger partial charge in [-0.2, -0.15) is 0 Å². The van der Waals surface area contributed by atoms with E-state index in [1.807, 2.05) is 37.3 Å². The number of halogens is 1. The molecular formula is C20H25ClN2O3. The fourth-order valence-corrected chi connectivity index (χ4v) is 2.86. The molecule has 0 radical (unpaired) electrons. The van der Waals surface area contributed by atoms with E-state index < -0.39 is 0 Å². The van der Waals surface area contributed by atoms with E-state index in [2.05, 4.69) is 5.32 Å². The van der Waals surface area contributed by atoms with Crippen LogP contribution in [0.1, 0.15) is 24.0 Å². The van der Waals surface area contributed by atoms with Crippen molar-refractivity contribution < 1.29 is 14.3 Å². The van der Waals surface area contributed by atoms with Crippen LogP contribution in [0.25, 0.3) is 0 Å². The minimum atomic E-state index is -0.0535. The molecule has 2 aromatic carbocycles. The highest BCUT2D eigenvalue weighted by Crippen LogP contribution is 2.25. The lowest BCUT2D eigenvalue weighted by Gasteiger charge is -2.24. The van der Waals surface area contributed by atoms with Crippen molar-refractivity contribution in [3.05, 3.63) is 53.6 Å². The number of benzene rings is 2. The van der Waals surface area contributed by atoms with Gasteiger partial charge in [-0.05, 0) is 48.4 Å². The first kappa shape index (κ1) is 20.1. The third-order valence-electron chi connectivity index (χ3n) is 4.27. The molecule has 3 rings (SSSR count). The number of nitrogen functional groups attached to an aromatic ring is 1. The van der Waals surface area contributed by atoms with Crippen molar-refractivity contribution >= 4 is 29.7 Å². The number of hydrogen-bond donors (Lipinski definition) is 2. The predicted octanol–water partition coefficient (Wildman–Crippen LogP) is 3.74. The Balaban J connectivity index is 0.00000243. The molecule has 0 aromatic heterocycles. The zero-order valence-electron chi connectivity index (χ0n) is 14.9. The number of carbonyl (C=O) groups is 1. The normalized spacial score (nSPS) is 14.3. The lowest BCUT2D eigenvalue weighted by molar-refractivity contribution is -0.115. The zero-order valence-corrected chi connectivity index (χ0v) is 15.7. The topological polar surface area (TPSA) is 73.6 Å². The van der Waals surface area contributed by atoms with Gasteiger partial charge in [0.05, 0.1) is 19.6 Å². The first-order valence-electron chi connectivity index (χ1n) is 8.59. The molecule has 6 heteroatoms. The molecule has 1 heterocycles. The maximum absolute atomic E-state index is 12.2. The molecule has 1 aliphatic rings. The molecule has 0 saturated carbocycles. The van der Waals surface area contributed by atoms with E-state index in [-0.39, 0.29) is 24.4 Å². The first-order chi connectivity index (χ1) is 12.1. The molecule has 1 saturated heterocycles. The number of rotatable bonds is 5. The number of nitrogens with one attached hydrogen (secondary N) is 1. The summed E-state index contributed by atoms with van der Waals surface area (Å²) in [4.78, 5) is 12.2.